The van der Waals surface area contributed by atoms with Crippen molar-refractivity contribution in [2.24, 2.45) is 16.6 Å². The maximum absolute atomic E-state index is 14.7. The van der Waals surface area contributed by atoms with Crippen LogP contribution in [0.25, 0.3) is 0 Å². The summed E-state index contributed by atoms with van der Waals surface area (Å²) >= 11 is 1.54. The maximum atomic E-state index is 14.7. The van der Waals surface area contributed by atoms with Crippen molar-refractivity contribution in [3.8, 4) is 11.8 Å². The lowest BCUT2D eigenvalue weighted by Crippen LogP contribution is -2.37. The Labute approximate surface area is 155 Å². The average Bonchev–Trinajstić information content (AvgIpc) is 3.06. The Kier molecular flexibility index (Phi) is 4.41. The third-order valence-corrected chi connectivity index (χ3v) is 6.02. The molecule has 1 unspecified atom stereocenters. The van der Waals surface area contributed by atoms with Crippen LogP contribution in [0.5, 0.6) is 0 Å². The van der Waals surface area contributed by atoms with Gasteiger partial charge >= 0.3 is 0 Å². The molecule has 2 heterocycles. The van der Waals surface area contributed by atoms with E-state index in [4.69, 9.17) is 5.73 Å². The summed E-state index contributed by atoms with van der Waals surface area (Å²) in [6, 6.07) is 7.95. The molecule has 6 heteroatoms. The summed E-state index contributed by atoms with van der Waals surface area (Å²) in [5.74, 6) is 5.90. The molecule has 2 atom stereocenters. The van der Waals surface area contributed by atoms with Crippen LogP contribution >= 0.6 is 11.8 Å². The van der Waals surface area contributed by atoms with E-state index in [0.717, 1.165) is 25.0 Å². The van der Waals surface area contributed by atoms with E-state index in [9.17, 15) is 8.78 Å². The lowest BCUT2D eigenvalue weighted by molar-refractivity contribution is 0.341. The minimum Gasteiger partial charge on any atom is -0.379 e. The van der Waals surface area contributed by atoms with Gasteiger partial charge in [-0.1, -0.05) is 30.0 Å². The van der Waals surface area contributed by atoms with Crippen LogP contribution in [0.15, 0.2) is 41.5 Å². The third kappa shape index (κ3) is 2.97. The zero-order chi connectivity index (χ0) is 18.1. The normalized spacial score (nSPS) is 24.4. The van der Waals surface area contributed by atoms with Gasteiger partial charge in [-0.15, -0.1) is 0 Å². The fourth-order valence-corrected chi connectivity index (χ4v) is 4.85. The topological polar surface area (TPSA) is 51.3 Å². The number of benzene rings is 1. The van der Waals surface area contributed by atoms with Crippen molar-refractivity contribution in [2.75, 3.05) is 5.75 Å². The Balaban J connectivity index is 1.76. The van der Waals surface area contributed by atoms with Gasteiger partial charge in [-0.05, 0) is 49.1 Å². The monoisotopic (exact) mass is 369 g/mol. The fraction of sp³-hybridized carbons (Fsp3) is 0.300. The molecule has 0 spiro atoms. The largest absolute Gasteiger partial charge is 0.379 e. The highest BCUT2D eigenvalue weighted by atomic mass is 32.2. The van der Waals surface area contributed by atoms with E-state index < -0.39 is 11.5 Å². The Hall–Kier alpha value is -2.39. The average molecular weight is 369 g/mol. The predicted octanol–water partition coefficient (Wildman–Crippen LogP) is 3.82. The van der Waals surface area contributed by atoms with Gasteiger partial charge in [0.2, 0.25) is 5.95 Å². The van der Waals surface area contributed by atoms with Crippen molar-refractivity contribution in [2.45, 2.75) is 24.8 Å². The number of rotatable bonds is 1. The molecule has 2 N–H and O–H groups in total. The number of pyridine rings is 1. The van der Waals surface area contributed by atoms with Gasteiger partial charge in [-0.25, -0.2) is 9.37 Å². The summed E-state index contributed by atoms with van der Waals surface area (Å²) in [7, 11) is 0. The van der Waals surface area contributed by atoms with E-state index in [1.54, 1.807) is 24.3 Å². The van der Waals surface area contributed by atoms with E-state index in [-0.39, 0.29) is 17.3 Å². The zero-order valence-corrected chi connectivity index (χ0v) is 14.8. The van der Waals surface area contributed by atoms with E-state index in [1.165, 1.54) is 24.0 Å². The summed E-state index contributed by atoms with van der Waals surface area (Å²) in [6.07, 6.45) is 4.17. The molecule has 26 heavy (non-hydrogen) atoms. The van der Waals surface area contributed by atoms with E-state index in [0.29, 0.717) is 16.3 Å². The highest BCUT2D eigenvalue weighted by Crippen LogP contribution is 2.51. The van der Waals surface area contributed by atoms with Crippen LogP contribution in [-0.2, 0) is 5.54 Å². The molecule has 1 saturated carbocycles. The van der Waals surface area contributed by atoms with Crippen molar-refractivity contribution in [3.63, 3.8) is 0 Å². The van der Waals surface area contributed by atoms with Crippen LogP contribution in [0.1, 0.15) is 36.0 Å². The number of aromatic nitrogens is 1. The standard InChI is InChI=1S/C20H17F2N3S/c21-17-8-6-13(5-7-14-3-2-10-24-18(14)22)11-16(17)20-9-1-4-15(20)12-26-19(23)25-20/h2-3,6,8,10-11,15H,1,4,9,12H2,(H2,23,25)/t15?,20-/m0/s1. The fourth-order valence-electron chi connectivity index (χ4n) is 3.81. The summed E-state index contributed by atoms with van der Waals surface area (Å²) in [5.41, 5.74) is 6.75. The number of fused-ring (bicyclic) bond motifs is 1. The maximum Gasteiger partial charge on any atom is 0.228 e. The van der Waals surface area contributed by atoms with Gasteiger partial charge in [0.05, 0.1) is 11.1 Å². The molecule has 1 aromatic heterocycles. The van der Waals surface area contributed by atoms with Crippen molar-refractivity contribution in [1.29, 1.82) is 0 Å². The summed E-state index contributed by atoms with van der Waals surface area (Å²) in [5, 5.41) is 0.511. The molecule has 0 amide bonds. The first-order valence-corrected chi connectivity index (χ1v) is 9.48. The summed E-state index contributed by atoms with van der Waals surface area (Å²) in [4.78, 5) is 8.26. The third-order valence-electron chi connectivity index (χ3n) is 5.06. The highest BCUT2D eigenvalue weighted by Gasteiger charge is 2.47. The number of hydrogen-bond donors (Lipinski definition) is 1. The van der Waals surface area contributed by atoms with Crippen LogP contribution in [0.4, 0.5) is 8.78 Å². The molecule has 4 rings (SSSR count). The Morgan fingerprint density at radius 2 is 2.12 bits per heavy atom. The quantitative estimate of drug-likeness (QED) is 0.614. The number of thioether (sulfide) groups is 1. The summed E-state index contributed by atoms with van der Waals surface area (Å²) < 4.78 is 28.3. The van der Waals surface area contributed by atoms with Gasteiger partial charge in [0.15, 0.2) is 5.17 Å². The van der Waals surface area contributed by atoms with Gasteiger partial charge in [-0.3, -0.25) is 4.99 Å². The number of nitrogens with zero attached hydrogens (tertiary/aromatic N) is 2. The lowest BCUT2D eigenvalue weighted by Gasteiger charge is -2.36. The number of hydrogen-bond acceptors (Lipinski definition) is 4. The highest BCUT2D eigenvalue weighted by molar-refractivity contribution is 8.13. The van der Waals surface area contributed by atoms with Crippen LogP contribution in [0.3, 0.4) is 0 Å². The molecule has 1 aliphatic heterocycles. The van der Waals surface area contributed by atoms with Gasteiger partial charge in [0.25, 0.3) is 0 Å². The first-order chi connectivity index (χ1) is 12.6. The molecule has 1 fully saturated rings. The first-order valence-electron chi connectivity index (χ1n) is 8.49. The second-order valence-corrected chi connectivity index (χ2v) is 7.60. The molecule has 1 aromatic carbocycles. The molecule has 3 nitrogen and oxygen atoms in total. The van der Waals surface area contributed by atoms with Gasteiger partial charge in [0.1, 0.15) is 5.82 Å². The lowest BCUT2D eigenvalue weighted by atomic mass is 9.80. The number of amidine groups is 1. The molecular formula is C20H17F2N3S. The van der Waals surface area contributed by atoms with Crippen molar-refractivity contribution < 1.29 is 8.78 Å². The minimum absolute atomic E-state index is 0.214. The Morgan fingerprint density at radius 1 is 1.23 bits per heavy atom. The zero-order valence-electron chi connectivity index (χ0n) is 14.0. The number of nitrogens with two attached hydrogens (primary N) is 1. The van der Waals surface area contributed by atoms with Crippen molar-refractivity contribution in [3.05, 3.63) is 65.0 Å². The van der Waals surface area contributed by atoms with Crippen molar-refractivity contribution in [1.82, 2.24) is 4.98 Å². The molecule has 0 bridgehead atoms. The molecular weight excluding hydrogens is 352 g/mol. The van der Waals surface area contributed by atoms with Crippen LogP contribution in [0, 0.1) is 29.5 Å². The van der Waals surface area contributed by atoms with E-state index >= 15 is 0 Å². The minimum atomic E-state index is -0.613. The summed E-state index contributed by atoms with van der Waals surface area (Å²) in [6.45, 7) is 0. The van der Waals surface area contributed by atoms with Crippen LogP contribution in [0.2, 0.25) is 0 Å². The second kappa shape index (κ2) is 6.73. The van der Waals surface area contributed by atoms with Gasteiger partial charge < -0.3 is 5.73 Å². The predicted molar refractivity (Wildman–Crippen MR) is 99.7 cm³/mol. The number of halogens is 2. The molecule has 132 valence electrons. The first kappa shape index (κ1) is 17.0. The van der Waals surface area contributed by atoms with Crippen LogP contribution in [-0.4, -0.2) is 15.9 Å². The molecule has 2 aliphatic rings. The Morgan fingerprint density at radius 3 is 2.96 bits per heavy atom. The Bertz CT molecular complexity index is 948. The molecule has 1 aliphatic carbocycles. The van der Waals surface area contributed by atoms with Crippen LogP contribution < -0.4 is 5.73 Å². The van der Waals surface area contributed by atoms with E-state index in [2.05, 4.69) is 21.8 Å². The smallest absolute Gasteiger partial charge is 0.228 e. The molecule has 0 saturated heterocycles. The molecule has 0 radical (unpaired) electrons. The van der Waals surface area contributed by atoms with Gasteiger partial charge in [0, 0.05) is 23.1 Å². The second-order valence-electron chi connectivity index (χ2n) is 6.56. The molecule has 2 aromatic rings. The van der Waals surface area contributed by atoms with Gasteiger partial charge in [-0.2, -0.15) is 4.39 Å². The SMILES string of the molecule is NC1=N[C@@]2(c3cc(C#Cc4cccnc4F)ccc3F)CCCC2CS1. The van der Waals surface area contributed by atoms with E-state index in [1.807, 2.05) is 0 Å². The van der Waals surface area contributed by atoms with Crippen molar-refractivity contribution >= 4 is 16.9 Å². The number of aliphatic imine (C=N–C) groups is 1.